The quantitative estimate of drug-likeness (QED) is 0.870. The molecule has 7 heteroatoms. The molecule has 0 bridgehead atoms. The Balaban J connectivity index is 1.59. The molecule has 2 aliphatic carbocycles. The predicted octanol–water partition coefficient (Wildman–Crippen LogP) is 2.85. The lowest BCUT2D eigenvalue weighted by Gasteiger charge is -2.32. The number of carbonyl (C=O) groups excluding carboxylic acids is 1. The standard InChI is InChI=1S/C19H26N4O2S/c1-23(2)12-4-6-13(7-5-12)25-18-17-16-11(9-15(20)24)3-8-14(16)26-19(17)22-10-21-18/h10-13H,3-9H2,1-2H3,(H2,20,24)/t11-,12?,13?/m1/s1. The van der Waals surface area contributed by atoms with Crippen molar-refractivity contribution in [3.8, 4) is 5.88 Å². The van der Waals surface area contributed by atoms with Crippen LogP contribution in [0.15, 0.2) is 6.33 Å². The average Bonchev–Trinajstić information content (AvgIpc) is 3.15. The molecule has 0 spiro atoms. The average molecular weight is 375 g/mol. The van der Waals surface area contributed by atoms with E-state index in [-0.39, 0.29) is 17.9 Å². The number of thiophene rings is 1. The highest BCUT2D eigenvalue weighted by Gasteiger charge is 2.32. The first-order chi connectivity index (χ1) is 12.5. The molecule has 1 atom stereocenters. The van der Waals surface area contributed by atoms with Crippen LogP contribution < -0.4 is 10.5 Å². The van der Waals surface area contributed by atoms with E-state index in [4.69, 9.17) is 10.5 Å². The Hall–Kier alpha value is -1.73. The second kappa shape index (κ2) is 7.12. The lowest BCUT2D eigenvalue weighted by atomic mass is 9.92. The molecule has 0 radical (unpaired) electrons. The van der Waals surface area contributed by atoms with Gasteiger partial charge in [-0.15, -0.1) is 11.3 Å². The van der Waals surface area contributed by atoms with Gasteiger partial charge in [-0.25, -0.2) is 9.97 Å². The molecule has 26 heavy (non-hydrogen) atoms. The number of aromatic nitrogens is 2. The highest BCUT2D eigenvalue weighted by molar-refractivity contribution is 7.19. The van der Waals surface area contributed by atoms with E-state index in [2.05, 4.69) is 29.0 Å². The second-order valence-electron chi connectivity index (χ2n) is 7.72. The zero-order chi connectivity index (χ0) is 18.3. The van der Waals surface area contributed by atoms with Gasteiger partial charge in [0.15, 0.2) is 0 Å². The number of nitrogens with two attached hydrogens (primary N) is 1. The van der Waals surface area contributed by atoms with Crippen molar-refractivity contribution in [2.45, 2.75) is 63.0 Å². The lowest BCUT2D eigenvalue weighted by Crippen LogP contribution is -2.35. The molecule has 2 aliphatic rings. The monoisotopic (exact) mass is 374 g/mol. The van der Waals surface area contributed by atoms with Gasteiger partial charge in [-0.1, -0.05) is 0 Å². The summed E-state index contributed by atoms with van der Waals surface area (Å²) in [5, 5.41) is 1.02. The van der Waals surface area contributed by atoms with Crippen LogP contribution in [0.1, 0.15) is 54.9 Å². The summed E-state index contributed by atoms with van der Waals surface area (Å²) in [6.45, 7) is 0. The van der Waals surface area contributed by atoms with Crippen LogP contribution in [0.2, 0.25) is 0 Å². The van der Waals surface area contributed by atoms with E-state index in [9.17, 15) is 4.79 Å². The Bertz CT molecular complexity index is 811. The van der Waals surface area contributed by atoms with Gasteiger partial charge in [-0.2, -0.15) is 0 Å². The molecule has 0 aliphatic heterocycles. The first-order valence-electron chi connectivity index (χ1n) is 9.40. The number of primary amides is 1. The number of hydrogen-bond donors (Lipinski definition) is 1. The summed E-state index contributed by atoms with van der Waals surface area (Å²) >= 11 is 1.71. The Labute approximate surface area is 157 Å². The maximum Gasteiger partial charge on any atom is 0.225 e. The van der Waals surface area contributed by atoms with Crippen molar-refractivity contribution in [3.63, 3.8) is 0 Å². The molecule has 6 nitrogen and oxygen atoms in total. The molecular formula is C19H26N4O2S. The molecule has 0 aromatic carbocycles. The number of rotatable bonds is 5. The van der Waals surface area contributed by atoms with Crippen molar-refractivity contribution in [3.05, 3.63) is 16.8 Å². The number of nitrogens with zero attached hydrogens (tertiary/aromatic N) is 3. The van der Waals surface area contributed by atoms with E-state index >= 15 is 0 Å². The van der Waals surface area contributed by atoms with Crippen molar-refractivity contribution in [2.24, 2.45) is 5.73 Å². The van der Waals surface area contributed by atoms with Crippen LogP contribution in [0.25, 0.3) is 10.2 Å². The van der Waals surface area contributed by atoms with E-state index in [1.807, 2.05) is 0 Å². The third kappa shape index (κ3) is 3.30. The summed E-state index contributed by atoms with van der Waals surface area (Å²) in [4.78, 5) is 25.0. The Morgan fingerprint density at radius 3 is 2.73 bits per heavy atom. The maximum atomic E-state index is 11.5. The Morgan fingerprint density at radius 2 is 2.04 bits per heavy atom. The molecule has 2 N–H and O–H groups in total. The van der Waals surface area contributed by atoms with Crippen LogP contribution in [0, 0.1) is 0 Å². The molecule has 2 aromatic heterocycles. The molecule has 140 valence electrons. The van der Waals surface area contributed by atoms with Gasteiger partial charge in [0.1, 0.15) is 17.3 Å². The molecule has 0 saturated heterocycles. The summed E-state index contributed by atoms with van der Waals surface area (Å²) in [5.41, 5.74) is 6.67. The summed E-state index contributed by atoms with van der Waals surface area (Å²) in [7, 11) is 4.29. The van der Waals surface area contributed by atoms with Gasteiger partial charge in [0.2, 0.25) is 11.8 Å². The van der Waals surface area contributed by atoms with E-state index in [1.54, 1.807) is 17.7 Å². The van der Waals surface area contributed by atoms with Gasteiger partial charge >= 0.3 is 0 Å². The minimum atomic E-state index is -0.247. The number of ether oxygens (including phenoxy) is 1. The van der Waals surface area contributed by atoms with Crippen molar-refractivity contribution < 1.29 is 9.53 Å². The fraction of sp³-hybridized carbons (Fsp3) is 0.632. The van der Waals surface area contributed by atoms with E-state index < -0.39 is 0 Å². The first kappa shape index (κ1) is 17.7. The Morgan fingerprint density at radius 1 is 1.27 bits per heavy atom. The van der Waals surface area contributed by atoms with E-state index in [0.717, 1.165) is 48.7 Å². The zero-order valence-corrected chi connectivity index (χ0v) is 16.2. The van der Waals surface area contributed by atoms with Crippen LogP contribution in [0.3, 0.4) is 0 Å². The number of hydrogen-bond acceptors (Lipinski definition) is 6. The predicted molar refractivity (Wildman–Crippen MR) is 103 cm³/mol. The van der Waals surface area contributed by atoms with Gasteiger partial charge in [0, 0.05) is 17.3 Å². The Kier molecular flexibility index (Phi) is 4.84. The number of aryl methyl sites for hydroxylation is 1. The summed E-state index contributed by atoms with van der Waals surface area (Å²) < 4.78 is 6.35. The number of amides is 1. The van der Waals surface area contributed by atoms with Crippen molar-refractivity contribution in [1.29, 1.82) is 0 Å². The van der Waals surface area contributed by atoms with Gasteiger partial charge in [-0.05, 0) is 64.1 Å². The fourth-order valence-corrected chi connectivity index (χ4v) is 5.65. The summed E-state index contributed by atoms with van der Waals surface area (Å²) in [6.07, 6.45) is 8.55. The van der Waals surface area contributed by atoms with E-state index in [1.165, 1.54) is 10.4 Å². The van der Waals surface area contributed by atoms with E-state index in [0.29, 0.717) is 18.3 Å². The first-order valence-corrected chi connectivity index (χ1v) is 10.2. The van der Waals surface area contributed by atoms with Crippen molar-refractivity contribution >= 4 is 27.5 Å². The minimum Gasteiger partial charge on any atom is -0.474 e. The SMILES string of the molecule is CN(C)C1CCC(Oc2ncnc3sc4c(c23)[C@@H](CC(N)=O)CC4)CC1. The molecular weight excluding hydrogens is 348 g/mol. The maximum absolute atomic E-state index is 11.5. The molecule has 1 saturated carbocycles. The molecule has 0 unspecified atom stereocenters. The van der Waals surface area contributed by atoms with Crippen molar-refractivity contribution in [2.75, 3.05) is 14.1 Å². The highest BCUT2D eigenvalue weighted by atomic mass is 32.1. The van der Waals surface area contributed by atoms with Crippen molar-refractivity contribution in [1.82, 2.24) is 14.9 Å². The van der Waals surface area contributed by atoms with Crippen LogP contribution in [-0.2, 0) is 11.2 Å². The summed E-state index contributed by atoms with van der Waals surface area (Å²) in [5.74, 6) is 0.620. The number of carbonyl (C=O) groups is 1. The third-order valence-corrected chi connectivity index (χ3v) is 6.97. The van der Waals surface area contributed by atoms with Gasteiger partial charge in [-0.3, -0.25) is 4.79 Å². The molecule has 1 fully saturated rings. The van der Waals surface area contributed by atoms with Crippen LogP contribution in [0.4, 0.5) is 0 Å². The summed E-state index contributed by atoms with van der Waals surface area (Å²) in [6, 6.07) is 0.644. The number of fused-ring (bicyclic) bond motifs is 3. The van der Waals surface area contributed by atoms with Gasteiger partial charge < -0.3 is 15.4 Å². The third-order valence-electron chi connectivity index (χ3n) is 5.80. The molecule has 2 heterocycles. The van der Waals surface area contributed by atoms with Crippen LogP contribution in [-0.4, -0.2) is 47.0 Å². The molecule has 1 amide bonds. The van der Waals surface area contributed by atoms with Gasteiger partial charge in [0.05, 0.1) is 5.39 Å². The van der Waals surface area contributed by atoms with Gasteiger partial charge in [0.25, 0.3) is 0 Å². The highest BCUT2D eigenvalue weighted by Crippen LogP contribution is 2.47. The minimum absolute atomic E-state index is 0.175. The second-order valence-corrected chi connectivity index (χ2v) is 8.80. The van der Waals surface area contributed by atoms with Crippen LogP contribution >= 0.6 is 11.3 Å². The molecule has 4 rings (SSSR count). The lowest BCUT2D eigenvalue weighted by molar-refractivity contribution is -0.118. The van der Waals surface area contributed by atoms with Crippen LogP contribution in [0.5, 0.6) is 5.88 Å². The zero-order valence-electron chi connectivity index (χ0n) is 15.4. The normalized spacial score (nSPS) is 25.6. The largest absolute Gasteiger partial charge is 0.474 e. The topological polar surface area (TPSA) is 81.3 Å². The fourth-order valence-electron chi connectivity index (χ4n) is 4.41. The molecule has 2 aromatic rings. The smallest absolute Gasteiger partial charge is 0.225 e.